The molecule has 1 saturated carbocycles. The molecule has 1 N–H and O–H groups in total. The van der Waals surface area contributed by atoms with Gasteiger partial charge < -0.3 is 10.2 Å². The van der Waals surface area contributed by atoms with E-state index in [-0.39, 0.29) is 55.6 Å². The number of para-hydroxylation sites is 1. The summed E-state index contributed by atoms with van der Waals surface area (Å²) in [5.74, 6) is -1.92. The van der Waals surface area contributed by atoms with Crippen molar-refractivity contribution in [1.82, 2.24) is 10.2 Å². The number of nitrogens with one attached hydrogen (secondary N) is 1. The lowest BCUT2D eigenvalue weighted by Crippen LogP contribution is -2.52. The van der Waals surface area contributed by atoms with Gasteiger partial charge >= 0.3 is 0 Å². The van der Waals surface area contributed by atoms with Crippen LogP contribution in [0.3, 0.4) is 0 Å². The van der Waals surface area contributed by atoms with Crippen LogP contribution >= 0.6 is 0 Å². The topological polar surface area (TPSA) is 86.8 Å². The number of amides is 2. The van der Waals surface area contributed by atoms with Crippen molar-refractivity contribution in [1.29, 1.82) is 0 Å². The molecule has 10 heteroatoms. The van der Waals surface area contributed by atoms with Gasteiger partial charge in [-0.05, 0) is 43.0 Å². The molecule has 0 heterocycles. The minimum atomic E-state index is -3.84. The first-order chi connectivity index (χ1) is 20.1. The van der Waals surface area contributed by atoms with E-state index in [0.29, 0.717) is 0 Å². The Morgan fingerprint density at radius 3 is 2.17 bits per heavy atom. The molecule has 2 amide bonds. The predicted octanol–water partition coefficient (Wildman–Crippen LogP) is 5.21. The molecule has 1 aliphatic rings. The Kier molecular flexibility index (Phi) is 10.7. The van der Waals surface area contributed by atoms with E-state index in [4.69, 9.17) is 0 Å². The monoisotopic (exact) mass is 597 g/mol. The molecule has 3 aromatic rings. The van der Waals surface area contributed by atoms with Crippen LogP contribution in [0.5, 0.6) is 0 Å². The maximum Gasteiger partial charge on any atom is 0.243 e. The summed E-state index contributed by atoms with van der Waals surface area (Å²) in [6, 6.07) is 20.1. The Morgan fingerprint density at radius 1 is 0.905 bits per heavy atom. The van der Waals surface area contributed by atoms with Crippen LogP contribution in [0, 0.1) is 11.6 Å². The molecule has 0 aromatic heterocycles. The third-order valence-electron chi connectivity index (χ3n) is 7.54. The number of carbonyl (C=O) groups is 2. The number of sulfonamides is 1. The molecular weight excluding hydrogens is 560 g/mol. The third kappa shape index (κ3) is 8.38. The van der Waals surface area contributed by atoms with Crippen molar-refractivity contribution in [3.05, 3.63) is 102 Å². The number of benzene rings is 3. The molecule has 42 heavy (non-hydrogen) atoms. The lowest BCUT2D eigenvalue weighted by Gasteiger charge is -2.33. The van der Waals surface area contributed by atoms with Gasteiger partial charge in [0.05, 0.1) is 11.9 Å². The Labute approximate surface area is 246 Å². The normalized spacial score (nSPS) is 14.4. The molecule has 3 aromatic carbocycles. The Bertz CT molecular complexity index is 1460. The van der Waals surface area contributed by atoms with Crippen LogP contribution in [0.4, 0.5) is 14.5 Å². The van der Waals surface area contributed by atoms with Gasteiger partial charge in [0.1, 0.15) is 17.7 Å². The highest BCUT2D eigenvalue weighted by molar-refractivity contribution is 7.92. The van der Waals surface area contributed by atoms with Crippen molar-refractivity contribution < 1.29 is 26.8 Å². The summed E-state index contributed by atoms with van der Waals surface area (Å²) in [5, 5.41) is 3.10. The quantitative estimate of drug-likeness (QED) is 0.293. The van der Waals surface area contributed by atoms with Gasteiger partial charge in [-0.2, -0.15) is 0 Å². The first-order valence-corrected chi connectivity index (χ1v) is 16.1. The molecule has 1 atom stereocenters. The van der Waals surface area contributed by atoms with E-state index >= 15 is 0 Å². The summed E-state index contributed by atoms with van der Waals surface area (Å²) < 4.78 is 55.2. The van der Waals surface area contributed by atoms with Crippen LogP contribution in [-0.4, -0.2) is 50.0 Å². The molecule has 1 aliphatic carbocycles. The lowest BCUT2D eigenvalue weighted by molar-refractivity contribution is -0.141. The summed E-state index contributed by atoms with van der Waals surface area (Å²) in [6.45, 7) is -0.277. The number of halogens is 2. The fourth-order valence-electron chi connectivity index (χ4n) is 5.37. The molecule has 0 saturated heterocycles. The molecule has 224 valence electrons. The maximum absolute atomic E-state index is 14.8. The van der Waals surface area contributed by atoms with E-state index in [2.05, 4.69) is 5.32 Å². The second-order valence-corrected chi connectivity index (χ2v) is 12.6. The van der Waals surface area contributed by atoms with E-state index in [9.17, 15) is 26.8 Å². The van der Waals surface area contributed by atoms with Crippen molar-refractivity contribution in [2.45, 2.75) is 63.6 Å². The summed E-state index contributed by atoms with van der Waals surface area (Å²) in [6.07, 6.45) is 4.91. The Morgan fingerprint density at radius 2 is 1.52 bits per heavy atom. The SMILES string of the molecule is CS(=O)(=O)N(CCCC(=O)N(Cc1ccccc1F)C(Cc1ccccc1)C(=O)NC1CCCC1)c1ccccc1F. The van der Waals surface area contributed by atoms with Gasteiger partial charge in [-0.3, -0.25) is 13.9 Å². The zero-order valence-corrected chi connectivity index (χ0v) is 24.5. The summed E-state index contributed by atoms with van der Waals surface area (Å²) in [7, 11) is -3.84. The second kappa shape index (κ2) is 14.4. The summed E-state index contributed by atoms with van der Waals surface area (Å²) in [5.41, 5.74) is 1.01. The number of nitrogens with zero attached hydrogens (tertiary/aromatic N) is 2. The van der Waals surface area contributed by atoms with E-state index in [1.54, 1.807) is 18.2 Å². The molecule has 0 bridgehead atoms. The van der Waals surface area contributed by atoms with Gasteiger partial charge in [0.25, 0.3) is 0 Å². The molecule has 4 rings (SSSR count). The second-order valence-electron chi connectivity index (χ2n) is 10.7. The van der Waals surface area contributed by atoms with Crippen LogP contribution in [0.15, 0.2) is 78.9 Å². The fraction of sp³-hybridized carbons (Fsp3) is 0.375. The average molecular weight is 598 g/mol. The van der Waals surface area contributed by atoms with Crippen LogP contribution in [0.25, 0.3) is 0 Å². The molecule has 7 nitrogen and oxygen atoms in total. The molecule has 1 unspecified atom stereocenters. The Balaban J connectivity index is 1.60. The molecule has 0 spiro atoms. The highest BCUT2D eigenvalue weighted by Gasteiger charge is 2.32. The minimum absolute atomic E-state index is 0.0188. The molecule has 0 aliphatic heterocycles. The average Bonchev–Trinajstić information content (AvgIpc) is 3.47. The van der Waals surface area contributed by atoms with Crippen molar-refractivity contribution in [3.8, 4) is 0 Å². The fourth-order valence-corrected chi connectivity index (χ4v) is 6.33. The van der Waals surface area contributed by atoms with Crippen molar-refractivity contribution >= 4 is 27.5 Å². The number of hydrogen-bond donors (Lipinski definition) is 1. The van der Waals surface area contributed by atoms with Crippen molar-refractivity contribution in [3.63, 3.8) is 0 Å². The smallest absolute Gasteiger partial charge is 0.243 e. The van der Waals surface area contributed by atoms with Gasteiger partial charge in [0.2, 0.25) is 21.8 Å². The Hall–Kier alpha value is -3.79. The number of carbonyl (C=O) groups excluding carboxylic acids is 2. The van der Waals surface area contributed by atoms with Gasteiger partial charge in [0, 0.05) is 37.5 Å². The lowest BCUT2D eigenvalue weighted by atomic mass is 10.0. The van der Waals surface area contributed by atoms with Crippen LogP contribution in [0.2, 0.25) is 0 Å². The van der Waals surface area contributed by atoms with Gasteiger partial charge in [0.15, 0.2) is 0 Å². The van der Waals surface area contributed by atoms with Crippen LogP contribution in [-0.2, 0) is 32.6 Å². The van der Waals surface area contributed by atoms with Crippen molar-refractivity contribution in [2.75, 3.05) is 17.1 Å². The minimum Gasteiger partial charge on any atom is -0.352 e. The number of rotatable bonds is 13. The molecule has 0 radical (unpaired) electrons. The van der Waals surface area contributed by atoms with Crippen LogP contribution in [0.1, 0.15) is 49.7 Å². The molecule has 1 fully saturated rings. The predicted molar refractivity (Wildman–Crippen MR) is 159 cm³/mol. The third-order valence-corrected chi connectivity index (χ3v) is 8.72. The zero-order valence-electron chi connectivity index (χ0n) is 23.7. The molecular formula is C32H37F2N3O4S. The van der Waals surface area contributed by atoms with E-state index in [0.717, 1.165) is 41.8 Å². The highest BCUT2D eigenvalue weighted by atomic mass is 32.2. The van der Waals surface area contributed by atoms with Gasteiger partial charge in [-0.25, -0.2) is 17.2 Å². The first kappa shape index (κ1) is 31.2. The maximum atomic E-state index is 14.8. The summed E-state index contributed by atoms with van der Waals surface area (Å²) >= 11 is 0. The van der Waals surface area contributed by atoms with Gasteiger partial charge in [-0.1, -0.05) is 73.5 Å². The zero-order chi connectivity index (χ0) is 30.1. The van der Waals surface area contributed by atoms with E-state index in [1.807, 2.05) is 30.3 Å². The van der Waals surface area contributed by atoms with E-state index < -0.39 is 33.6 Å². The van der Waals surface area contributed by atoms with Crippen molar-refractivity contribution in [2.24, 2.45) is 0 Å². The number of anilines is 1. The standard InChI is InChI=1S/C32H37F2N3O4S/c1-42(40,41)37(29-19-10-9-18-28(29)34)21-11-20-31(38)36(23-25-14-5-8-17-27(25)33)30(22-24-12-3-2-4-13-24)32(39)35-26-15-6-7-16-26/h2-5,8-10,12-14,17-19,26,30H,6-7,11,15-16,20-23H2,1H3,(H,35,39). The van der Waals surface area contributed by atoms with Crippen LogP contribution < -0.4 is 9.62 Å². The first-order valence-electron chi connectivity index (χ1n) is 14.2. The number of hydrogen-bond acceptors (Lipinski definition) is 4. The van der Waals surface area contributed by atoms with Gasteiger partial charge in [-0.15, -0.1) is 0 Å². The van der Waals surface area contributed by atoms with E-state index in [1.165, 1.54) is 35.2 Å². The highest BCUT2D eigenvalue weighted by Crippen LogP contribution is 2.24. The summed E-state index contributed by atoms with van der Waals surface area (Å²) in [4.78, 5) is 29.0. The largest absolute Gasteiger partial charge is 0.352 e.